The molecule has 0 spiro atoms. The average Bonchev–Trinajstić information content (AvgIpc) is 2.46. The van der Waals surface area contributed by atoms with Gasteiger partial charge in [0.1, 0.15) is 11.7 Å². The number of halogens is 1. The van der Waals surface area contributed by atoms with Crippen LogP contribution in [0.3, 0.4) is 0 Å². The average molecular weight is 309 g/mol. The van der Waals surface area contributed by atoms with Crippen molar-refractivity contribution >= 4 is 23.2 Å². The summed E-state index contributed by atoms with van der Waals surface area (Å²) in [6.45, 7) is 15.0. The predicted octanol–water partition coefficient (Wildman–Crippen LogP) is 4.66. The molecule has 0 saturated carbocycles. The van der Waals surface area contributed by atoms with Crippen LogP contribution in [-0.2, 0) is 9.59 Å². The van der Waals surface area contributed by atoms with Crippen LogP contribution in [0.2, 0.25) is 0 Å². The lowest BCUT2D eigenvalue weighted by Crippen LogP contribution is -2.31. The smallest absolute Gasteiger partial charge is 0.177 e. The molecule has 0 heterocycles. The second-order valence-corrected chi connectivity index (χ2v) is 5.66. The van der Waals surface area contributed by atoms with Crippen LogP contribution in [0, 0.1) is 11.8 Å². The van der Waals surface area contributed by atoms with E-state index < -0.39 is 11.3 Å². The van der Waals surface area contributed by atoms with Crippen molar-refractivity contribution in [3.8, 4) is 0 Å². The normalized spacial score (nSPS) is 15.0. The van der Waals surface area contributed by atoms with Crippen LogP contribution in [0.1, 0.15) is 34.1 Å². The molecule has 0 aromatic rings. The molecule has 0 fully saturated rings. The van der Waals surface area contributed by atoms with Crippen molar-refractivity contribution in [3.63, 3.8) is 0 Å². The molecule has 2 atom stereocenters. The second-order valence-electron chi connectivity index (χ2n) is 5.19. The first-order chi connectivity index (χ1) is 9.81. The van der Waals surface area contributed by atoms with Crippen molar-refractivity contribution in [2.24, 2.45) is 11.8 Å². The third kappa shape index (κ3) is 5.47. The molecule has 0 aliphatic heterocycles. The number of Topliss-reactive ketones (excluding diaryl/α,β-unsaturated/α-hetero) is 2. The molecule has 3 heteroatoms. The summed E-state index contributed by atoms with van der Waals surface area (Å²) in [5.41, 5.74) is 0.866. The lowest BCUT2D eigenvalue weighted by atomic mass is 9.82. The molecule has 0 radical (unpaired) electrons. The van der Waals surface area contributed by atoms with Gasteiger partial charge in [0.25, 0.3) is 0 Å². The molecule has 0 aromatic carbocycles. The zero-order valence-corrected chi connectivity index (χ0v) is 14.1. The van der Waals surface area contributed by atoms with E-state index in [0.717, 1.165) is 0 Å². The lowest BCUT2D eigenvalue weighted by molar-refractivity contribution is -0.129. The standard InChI is InChI=1S/C18H25ClO2/c1-7-10-11-14(8-2)18(21)16(15(20)9-3)13(6)17(19)12(4)5/h7-8,10-12,16-17H,2,6,9H2,1,3-5H3/b10-7-,14-11+. The molecule has 0 saturated heterocycles. The van der Waals surface area contributed by atoms with Crippen molar-refractivity contribution in [3.05, 3.63) is 48.6 Å². The number of hydrogen-bond donors (Lipinski definition) is 0. The quantitative estimate of drug-likeness (QED) is 0.204. The van der Waals surface area contributed by atoms with Gasteiger partial charge in [0.05, 0.1) is 5.38 Å². The number of allylic oxidation sites excluding steroid dienone is 6. The Bertz CT molecular complexity index is 470. The first-order valence-electron chi connectivity index (χ1n) is 7.16. The third-order valence-electron chi connectivity index (χ3n) is 3.22. The minimum absolute atomic E-state index is 0.103. The fourth-order valence-corrected chi connectivity index (χ4v) is 2.06. The molecule has 2 unspecified atom stereocenters. The zero-order chi connectivity index (χ0) is 16.6. The van der Waals surface area contributed by atoms with Gasteiger partial charge in [0.2, 0.25) is 0 Å². The highest BCUT2D eigenvalue weighted by Crippen LogP contribution is 2.28. The van der Waals surface area contributed by atoms with Crippen molar-refractivity contribution in [1.29, 1.82) is 0 Å². The molecule has 116 valence electrons. The highest BCUT2D eigenvalue weighted by atomic mass is 35.5. The van der Waals surface area contributed by atoms with E-state index in [-0.39, 0.29) is 23.9 Å². The maximum absolute atomic E-state index is 12.6. The van der Waals surface area contributed by atoms with Gasteiger partial charge < -0.3 is 0 Å². The number of carbonyl (C=O) groups excluding carboxylic acids is 2. The van der Waals surface area contributed by atoms with Crippen molar-refractivity contribution < 1.29 is 9.59 Å². The van der Waals surface area contributed by atoms with E-state index in [0.29, 0.717) is 11.1 Å². The molecular weight excluding hydrogens is 284 g/mol. The molecule has 0 rings (SSSR count). The topological polar surface area (TPSA) is 34.1 Å². The summed E-state index contributed by atoms with van der Waals surface area (Å²) < 4.78 is 0. The van der Waals surface area contributed by atoms with Crippen LogP contribution in [0.5, 0.6) is 0 Å². The van der Waals surface area contributed by atoms with Gasteiger partial charge in [-0.1, -0.05) is 58.2 Å². The summed E-state index contributed by atoms with van der Waals surface area (Å²) in [5.74, 6) is -1.24. The number of hydrogen-bond acceptors (Lipinski definition) is 2. The summed E-state index contributed by atoms with van der Waals surface area (Å²) in [4.78, 5) is 24.8. The Kier molecular flexibility index (Phi) is 8.87. The Morgan fingerprint density at radius 1 is 1.29 bits per heavy atom. The molecule has 0 N–H and O–H groups in total. The zero-order valence-electron chi connectivity index (χ0n) is 13.4. The largest absolute Gasteiger partial charge is 0.299 e. The van der Waals surface area contributed by atoms with E-state index in [1.807, 2.05) is 20.8 Å². The molecule has 0 aliphatic rings. The highest BCUT2D eigenvalue weighted by molar-refractivity contribution is 6.24. The molecule has 0 bridgehead atoms. The second kappa shape index (κ2) is 9.51. The van der Waals surface area contributed by atoms with Gasteiger partial charge in [-0.3, -0.25) is 9.59 Å². The maximum Gasteiger partial charge on any atom is 0.177 e. The highest BCUT2D eigenvalue weighted by Gasteiger charge is 2.33. The molecule has 21 heavy (non-hydrogen) atoms. The summed E-state index contributed by atoms with van der Waals surface area (Å²) in [5, 5.41) is -0.415. The van der Waals surface area contributed by atoms with Crippen molar-refractivity contribution in [2.45, 2.75) is 39.5 Å². The van der Waals surface area contributed by atoms with Crippen LogP contribution in [0.15, 0.2) is 48.6 Å². The number of carbonyl (C=O) groups is 2. The summed E-state index contributed by atoms with van der Waals surface area (Å²) in [6.07, 6.45) is 6.93. The Morgan fingerprint density at radius 3 is 2.24 bits per heavy atom. The number of ketones is 2. The maximum atomic E-state index is 12.6. The number of rotatable bonds is 9. The Hall–Kier alpha value is -1.41. The molecule has 2 nitrogen and oxygen atoms in total. The van der Waals surface area contributed by atoms with Crippen LogP contribution < -0.4 is 0 Å². The van der Waals surface area contributed by atoms with E-state index in [4.69, 9.17) is 11.6 Å². The third-order valence-corrected chi connectivity index (χ3v) is 4.00. The Labute approximate surface area is 133 Å². The minimum Gasteiger partial charge on any atom is -0.299 e. The lowest BCUT2D eigenvalue weighted by Gasteiger charge is -2.23. The van der Waals surface area contributed by atoms with E-state index in [1.54, 1.807) is 25.2 Å². The van der Waals surface area contributed by atoms with Gasteiger partial charge in [-0.15, -0.1) is 11.6 Å². The van der Waals surface area contributed by atoms with E-state index in [2.05, 4.69) is 13.2 Å². The van der Waals surface area contributed by atoms with Crippen LogP contribution >= 0.6 is 11.6 Å². The monoisotopic (exact) mass is 308 g/mol. The van der Waals surface area contributed by atoms with Gasteiger partial charge in [-0.25, -0.2) is 0 Å². The fraction of sp³-hybridized carbons (Fsp3) is 0.444. The van der Waals surface area contributed by atoms with Crippen LogP contribution in [0.4, 0.5) is 0 Å². The van der Waals surface area contributed by atoms with E-state index in [9.17, 15) is 9.59 Å². The van der Waals surface area contributed by atoms with Crippen LogP contribution in [-0.4, -0.2) is 16.9 Å². The van der Waals surface area contributed by atoms with Crippen LogP contribution in [0.25, 0.3) is 0 Å². The first-order valence-corrected chi connectivity index (χ1v) is 7.60. The SMILES string of the molecule is C=C/C(=C\C=C/C)C(=O)C(C(=C)C(Cl)C(C)C)C(=O)CC. The van der Waals surface area contributed by atoms with E-state index in [1.165, 1.54) is 6.08 Å². The first kappa shape index (κ1) is 19.6. The van der Waals surface area contributed by atoms with Gasteiger partial charge in [0.15, 0.2) is 5.78 Å². The fourth-order valence-electron chi connectivity index (χ4n) is 1.93. The number of alkyl halides is 1. The van der Waals surface area contributed by atoms with E-state index >= 15 is 0 Å². The van der Waals surface area contributed by atoms with Gasteiger partial charge in [-0.05, 0) is 18.4 Å². The Morgan fingerprint density at radius 2 is 1.86 bits per heavy atom. The van der Waals surface area contributed by atoms with Crippen molar-refractivity contribution in [2.75, 3.05) is 0 Å². The molecule has 0 aliphatic carbocycles. The predicted molar refractivity (Wildman–Crippen MR) is 90.5 cm³/mol. The summed E-state index contributed by atoms with van der Waals surface area (Å²) >= 11 is 6.30. The van der Waals surface area contributed by atoms with Gasteiger partial charge in [0, 0.05) is 12.0 Å². The molecular formula is C18H25ClO2. The summed E-state index contributed by atoms with van der Waals surface area (Å²) in [7, 11) is 0. The minimum atomic E-state index is -0.894. The van der Waals surface area contributed by atoms with Crippen molar-refractivity contribution in [1.82, 2.24) is 0 Å². The Balaban J connectivity index is 5.62. The summed E-state index contributed by atoms with van der Waals surface area (Å²) in [6, 6.07) is 0. The molecule has 0 aromatic heterocycles. The molecule has 0 amide bonds. The van der Waals surface area contributed by atoms with Gasteiger partial charge >= 0.3 is 0 Å². The van der Waals surface area contributed by atoms with Gasteiger partial charge in [-0.2, -0.15) is 0 Å².